The van der Waals surface area contributed by atoms with Crippen LogP contribution in [0.25, 0.3) is 0 Å². The van der Waals surface area contributed by atoms with Gasteiger partial charge >= 0.3 is 0 Å². The molecule has 0 bridgehead atoms. The lowest BCUT2D eigenvalue weighted by atomic mass is 10.2. The Labute approximate surface area is 132 Å². The van der Waals surface area contributed by atoms with Gasteiger partial charge in [-0.3, -0.25) is 9.59 Å². The lowest BCUT2D eigenvalue weighted by molar-refractivity contribution is -0.122. The highest BCUT2D eigenvalue weighted by Crippen LogP contribution is 2.23. The molecule has 2 amide bonds. The van der Waals surface area contributed by atoms with E-state index in [0.717, 1.165) is 0 Å². The highest BCUT2D eigenvalue weighted by molar-refractivity contribution is 9.10. The molecule has 20 heavy (non-hydrogen) atoms. The van der Waals surface area contributed by atoms with Gasteiger partial charge in [0, 0.05) is 16.6 Å². The molecule has 0 heterocycles. The second-order valence-corrected chi connectivity index (χ2v) is 6.22. The van der Waals surface area contributed by atoms with E-state index in [1.165, 1.54) is 0 Å². The molecule has 1 aromatic rings. The fourth-order valence-electron chi connectivity index (χ4n) is 1.44. The van der Waals surface area contributed by atoms with Gasteiger partial charge in [0.2, 0.25) is 5.91 Å². The minimum Gasteiger partial charge on any atom is -0.354 e. The van der Waals surface area contributed by atoms with E-state index in [9.17, 15) is 9.59 Å². The summed E-state index contributed by atoms with van der Waals surface area (Å²) in [7, 11) is 0. The lowest BCUT2D eigenvalue weighted by Gasteiger charge is -2.15. The van der Waals surface area contributed by atoms with Crippen LogP contribution in [0.5, 0.6) is 0 Å². The quantitative estimate of drug-likeness (QED) is 0.847. The van der Waals surface area contributed by atoms with Crippen LogP contribution in [-0.2, 0) is 4.79 Å². The van der Waals surface area contributed by atoms with Crippen molar-refractivity contribution in [2.24, 2.45) is 5.92 Å². The normalized spacial score (nSPS) is 12.1. The van der Waals surface area contributed by atoms with E-state index in [-0.39, 0.29) is 11.8 Å². The highest BCUT2D eigenvalue weighted by atomic mass is 79.9. The lowest BCUT2D eigenvalue weighted by Crippen LogP contribution is -2.45. The van der Waals surface area contributed by atoms with Crippen LogP contribution in [-0.4, -0.2) is 24.4 Å². The fraction of sp³-hybridized carbons (Fsp3) is 0.429. The van der Waals surface area contributed by atoms with Crippen LogP contribution < -0.4 is 10.6 Å². The molecule has 0 saturated heterocycles. The Bertz CT molecular complexity index is 506. The standard InChI is InChI=1S/C14H18BrClN2O2/c1-8(2)7-17-13(19)9(3)18-14(20)10-4-5-12(16)11(15)6-10/h4-6,8-9H,7H2,1-3H3,(H,17,19)(H,18,20). The molecule has 1 unspecified atom stereocenters. The molecule has 0 aliphatic heterocycles. The van der Waals surface area contributed by atoms with Crippen LogP contribution in [0.4, 0.5) is 0 Å². The Morgan fingerprint density at radius 3 is 2.50 bits per heavy atom. The first-order valence-electron chi connectivity index (χ1n) is 6.35. The van der Waals surface area contributed by atoms with Crippen LogP contribution in [0.2, 0.25) is 5.02 Å². The van der Waals surface area contributed by atoms with Gasteiger partial charge in [0.25, 0.3) is 5.91 Å². The van der Waals surface area contributed by atoms with Crippen molar-refractivity contribution in [1.29, 1.82) is 0 Å². The molecule has 0 aliphatic carbocycles. The number of amides is 2. The summed E-state index contributed by atoms with van der Waals surface area (Å²) >= 11 is 9.13. The van der Waals surface area contributed by atoms with Crippen molar-refractivity contribution in [3.05, 3.63) is 33.3 Å². The second kappa shape index (κ2) is 7.64. The summed E-state index contributed by atoms with van der Waals surface area (Å²) < 4.78 is 0.642. The number of carbonyl (C=O) groups excluding carboxylic acids is 2. The summed E-state index contributed by atoms with van der Waals surface area (Å²) in [6, 6.07) is 4.28. The van der Waals surface area contributed by atoms with Crippen molar-refractivity contribution < 1.29 is 9.59 Å². The molecular formula is C14H18BrClN2O2. The minimum absolute atomic E-state index is 0.194. The molecule has 0 fully saturated rings. The minimum atomic E-state index is -0.587. The maximum Gasteiger partial charge on any atom is 0.251 e. The third kappa shape index (κ3) is 5.13. The zero-order chi connectivity index (χ0) is 15.3. The number of rotatable bonds is 5. The van der Waals surface area contributed by atoms with Crippen LogP contribution in [0.15, 0.2) is 22.7 Å². The van der Waals surface area contributed by atoms with Crippen molar-refractivity contribution in [3.8, 4) is 0 Å². The van der Waals surface area contributed by atoms with Crippen molar-refractivity contribution in [1.82, 2.24) is 10.6 Å². The largest absolute Gasteiger partial charge is 0.354 e. The summed E-state index contributed by atoms with van der Waals surface area (Å²) in [5.74, 6) is -0.135. The molecule has 6 heteroatoms. The molecule has 0 spiro atoms. The van der Waals surface area contributed by atoms with Gasteiger partial charge in [-0.2, -0.15) is 0 Å². The maximum absolute atomic E-state index is 12.0. The molecule has 0 saturated carbocycles. The van der Waals surface area contributed by atoms with Crippen molar-refractivity contribution >= 4 is 39.3 Å². The van der Waals surface area contributed by atoms with Gasteiger partial charge in [-0.25, -0.2) is 0 Å². The predicted octanol–water partition coefficient (Wildman–Crippen LogP) is 2.99. The van der Waals surface area contributed by atoms with Crippen molar-refractivity contribution in [2.75, 3.05) is 6.54 Å². The first-order chi connectivity index (χ1) is 9.31. The molecule has 110 valence electrons. The summed E-state index contributed by atoms with van der Waals surface area (Å²) in [6.45, 7) is 6.26. The third-order valence-corrected chi connectivity index (χ3v) is 3.82. The first kappa shape index (κ1) is 17.0. The predicted molar refractivity (Wildman–Crippen MR) is 83.9 cm³/mol. The van der Waals surface area contributed by atoms with Crippen molar-refractivity contribution in [3.63, 3.8) is 0 Å². The molecule has 1 aromatic carbocycles. The first-order valence-corrected chi connectivity index (χ1v) is 7.52. The molecule has 0 aliphatic rings. The van der Waals surface area contributed by atoms with Gasteiger partial charge in [0.05, 0.1) is 5.02 Å². The van der Waals surface area contributed by atoms with Crippen molar-refractivity contribution in [2.45, 2.75) is 26.8 Å². The van der Waals surface area contributed by atoms with Gasteiger partial charge in [0.1, 0.15) is 6.04 Å². The van der Waals surface area contributed by atoms with Crippen LogP contribution in [0.3, 0.4) is 0 Å². The van der Waals surface area contributed by atoms with E-state index in [0.29, 0.717) is 27.5 Å². The zero-order valence-corrected chi connectivity index (χ0v) is 14.0. The molecule has 0 radical (unpaired) electrons. The van der Waals surface area contributed by atoms with E-state index in [2.05, 4.69) is 26.6 Å². The van der Waals surface area contributed by atoms with Crippen LogP contribution in [0, 0.1) is 5.92 Å². The molecule has 2 N–H and O–H groups in total. The Morgan fingerprint density at radius 1 is 1.30 bits per heavy atom. The number of halogens is 2. The molecule has 1 rings (SSSR count). The number of hydrogen-bond acceptors (Lipinski definition) is 2. The third-order valence-electron chi connectivity index (χ3n) is 2.61. The molecule has 1 atom stereocenters. The van der Waals surface area contributed by atoms with E-state index < -0.39 is 6.04 Å². The second-order valence-electron chi connectivity index (χ2n) is 4.96. The van der Waals surface area contributed by atoms with E-state index in [4.69, 9.17) is 11.6 Å². The van der Waals surface area contributed by atoms with Crippen LogP contribution in [0.1, 0.15) is 31.1 Å². The Balaban J connectivity index is 2.60. The SMILES string of the molecule is CC(C)CNC(=O)C(C)NC(=O)c1ccc(Cl)c(Br)c1. The smallest absolute Gasteiger partial charge is 0.251 e. The van der Waals surface area contributed by atoms with E-state index >= 15 is 0 Å². The monoisotopic (exact) mass is 360 g/mol. The molecular weight excluding hydrogens is 344 g/mol. The molecule has 4 nitrogen and oxygen atoms in total. The number of hydrogen-bond donors (Lipinski definition) is 2. The average Bonchev–Trinajstić information content (AvgIpc) is 2.38. The average molecular weight is 362 g/mol. The van der Waals surface area contributed by atoms with Gasteiger partial charge in [-0.15, -0.1) is 0 Å². The van der Waals surface area contributed by atoms with Gasteiger partial charge in [-0.05, 0) is 47.0 Å². The summed E-state index contributed by atoms with van der Waals surface area (Å²) in [6.07, 6.45) is 0. The summed E-state index contributed by atoms with van der Waals surface area (Å²) in [5.41, 5.74) is 0.449. The maximum atomic E-state index is 12.0. The number of carbonyl (C=O) groups is 2. The Hall–Kier alpha value is -1.07. The number of benzene rings is 1. The van der Waals surface area contributed by atoms with Crippen LogP contribution >= 0.6 is 27.5 Å². The number of nitrogens with one attached hydrogen (secondary N) is 2. The zero-order valence-electron chi connectivity index (χ0n) is 11.7. The highest BCUT2D eigenvalue weighted by Gasteiger charge is 2.17. The topological polar surface area (TPSA) is 58.2 Å². The Morgan fingerprint density at radius 2 is 1.95 bits per heavy atom. The summed E-state index contributed by atoms with van der Waals surface area (Å²) in [5, 5.41) is 5.96. The van der Waals surface area contributed by atoms with Gasteiger partial charge in [-0.1, -0.05) is 25.4 Å². The van der Waals surface area contributed by atoms with Gasteiger partial charge < -0.3 is 10.6 Å². The van der Waals surface area contributed by atoms with E-state index in [1.807, 2.05) is 13.8 Å². The van der Waals surface area contributed by atoms with Gasteiger partial charge in [0.15, 0.2) is 0 Å². The van der Waals surface area contributed by atoms with E-state index in [1.54, 1.807) is 25.1 Å². The Kier molecular flexibility index (Phi) is 6.49. The summed E-state index contributed by atoms with van der Waals surface area (Å²) in [4.78, 5) is 23.8. The fourth-order valence-corrected chi connectivity index (χ4v) is 1.94. The molecule has 0 aromatic heterocycles.